The fourth-order valence-electron chi connectivity index (χ4n) is 2.85. The Morgan fingerprint density at radius 3 is 2.58 bits per heavy atom. The first-order chi connectivity index (χ1) is 11.5. The fourth-order valence-corrected chi connectivity index (χ4v) is 2.85. The summed E-state index contributed by atoms with van der Waals surface area (Å²) in [6, 6.07) is 6.88. The number of carboxylic acid groups (broad SMARTS) is 1. The Labute approximate surface area is 142 Å². The average Bonchev–Trinajstić information content (AvgIpc) is 3.03. The standard InChI is InChI=1S/C18H25NO5/c1-3-10-24-14-7-4-13(5-8-14)6-9-17(20)19-12-15(23-2)11-16(19)18(21)22/h4-5,7-8,15-16H,3,6,9-12H2,1-2H3,(H,21,22). The monoisotopic (exact) mass is 335 g/mol. The van der Waals surface area contributed by atoms with Crippen molar-refractivity contribution in [1.82, 2.24) is 4.90 Å². The van der Waals surface area contributed by atoms with E-state index in [0.29, 0.717) is 26.0 Å². The summed E-state index contributed by atoms with van der Waals surface area (Å²) >= 11 is 0. The van der Waals surface area contributed by atoms with Gasteiger partial charge in [-0.3, -0.25) is 4.79 Å². The van der Waals surface area contributed by atoms with Crippen LogP contribution in [0.4, 0.5) is 0 Å². The lowest BCUT2D eigenvalue weighted by Crippen LogP contribution is -2.40. The predicted molar refractivity (Wildman–Crippen MR) is 89.1 cm³/mol. The number of hydrogen-bond donors (Lipinski definition) is 1. The molecule has 1 heterocycles. The predicted octanol–water partition coefficient (Wildman–Crippen LogP) is 2.11. The van der Waals surface area contributed by atoms with Crippen LogP contribution >= 0.6 is 0 Å². The summed E-state index contributed by atoms with van der Waals surface area (Å²) in [4.78, 5) is 25.1. The van der Waals surface area contributed by atoms with Gasteiger partial charge in [-0.15, -0.1) is 0 Å². The maximum Gasteiger partial charge on any atom is 0.326 e. The SMILES string of the molecule is CCCOc1ccc(CCC(=O)N2CC(OC)CC2C(=O)O)cc1. The van der Waals surface area contributed by atoms with E-state index in [1.54, 1.807) is 7.11 Å². The Balaban J connectivity index is 1.88. The molecule has 1 amide bonds. The average molecular weight is 335 g/mol. The number of amides is 1. The Morgan fingerprint density at radius 2 is 2.00 bits per heavy atom. The third-order valence-corrected chi connectivity index (χ3v) is 4.23. The minimum Gasteiger partial charge on any atom is -0.494 e. The molecule has 24 heavy (non-hydrogen) atoms. The van der Waals surface area contributed by atoms with Crippen LogP contribution in [0.3, 0.4) is 0 Å². The Kier molecular flexibility index (Phi) is 6.61. The van der Waals surface area contributed by atoms with Crippen LogP contribution in [-0.4, -0.2) is 54.3 Å². The normalized spacial score (nSPS) is 20.2. The number of carbonyl (C=O) groups is 2. The molecular formula is C18H25NO5. The van der Waals surface area contributed by atoms with Crippen molar-refractivity contribution in [3.63, 3.8) is 0 Å². The molecule has 6 nitrogen and oxygen atoms in total. The zero-order valence-corrected chi connectivity index (χ0v) is 14.2. The van der Waals surface area contributed by atoms with Gasteiger partial charge >= 0.3 is 5.97 Å². The van der Waals surface area contributed by atoms with Gasteiger partial charge in [-0.05, 0) is 30.5 Å². The molecule has 2 atom stereocenters. The third kappa shape index (κ3) is 4.71. The van der Waals surface area contributed by atoms with Crippen molar-refractivity contribution in [3.05, 3.63) is 29.8 Å². The molecule has 0 radical (unpaired) electrons. The van der Waals surface area contributed by atoms with Gasteiger partial charge in [0.05, 0.1) is 12.7 Å². The minimum absolute atomic E-state index is 0.145. The molecule has 1 aromatic rings. The molecule has 0 bridgehead atoms. The number of nitrogens with zero attached hydrogens (tertiary/aromatic N) is 1. The van der Waals surface area contributed by atoms with Crippen LogP contribution in [-0.2, 0) is 20.7 Å². The van der Waals surface area contributed by atoms with Gasteiger partial charge in [-0.1, -0.05) is 19.1 Å². The van der Waals surface area contributed by atoms with E-state index in [-0.39, 0.29) is 18.4 Å². The molecule has 2 rings (SSSR count). The van der Waals surface area contributed by atoms with E-state index in [4.69, 9.17) is 9.47 Å². The summed E-state index contributed by atoms with van der Waals surface area (Å²) in [6.07, 6.45) is 1.97. The van der Waals surface area contributed by atoms with Crippen molar-refractivity contribution in [2.45, 2.75) is 44.8 Å². The highest BCUT2D eigenvalue weighted by atomic mass is 16.5. The minimum atomic E-state index is -0.972. The number of carboxylic acids is 1. The number of likely N-dealkylation sites (tertiary alicyclic amines) is 1. The van der Waals surface area contributed by atoms with Gasteiger partial charge in [0.25, 0.3) is 0 Å². The highest BCUT2D eigenvalue weighted by Gasteiger charge is 2.39. The highest BCUT2D eigenvalue weighted by molar-refractivity contribution is 5.84. The lowest BCUT2D eigenvalue weighted by molar-refractivity contribution is -0.148. The molecule has 2 unspecified atom stereocenters. The molecule has 0 aliphatic carbocycles. The smallest absolute Gasteiger partial charge is 0.326 e. The van der Waals surface area contributed by atoms with Gasteiger partial charge in [0.2, 0.25) is 5.91 Å². The van der Waals surface area contributed by atoms with Crippen molar-refractivity contribution in [1.29, 1.82) is 0 Å². The Bertz CT molecular complexity index is 557. The molecule has 1 fully saturated rings. The van der Waals surface area contributed by atoms with Crippen LogP contribution in [0.25, 0.3) is 0 Å². The molecule has 132 valence electrons. The van der Waals surface area contributed by atoms with Crippen LogP contribution < -0.4 is 4.74 Å². The first-order valence-electron chi connectivity index (χ1n) is 8.32. The topological polar surface area (TPSA) is 76.1 Å². The van der Waals surface area contributed by atoms with E-state index in [1.165, 1.54) is 4.90 Å². The van der Waals surface area contributed by atoms with Crippen LogP contribution in [0.1, 0.15) is 31.7 Å². The lowest BCUT2D eigenvalue weighted by atomic mass is 10.1. The van der Waals surface area contributed by atoms with Crippen LogP contribution in [0.5, 0.6) is 5.75 Å². The second-order valence-electron chi connectivity index (χ2n) is 5.99. The second kappa shape index (κ2) is 8.68. The molecule has 1 N–H and O–H groups in total. The van der Waals surface area contributed by atoms with Gasteiger partial charge in [-0.25, -0.2) is 4.79 Å². The van der Waals surface area contributed by atoms with Gasteiger partial charge < -0.3 is 19.5 Å². The largest absolute Gasteiger partial charge is 0.494 e. The number of hydrogen-bond acceptors (Lipinski definition) is 4. The van der Waals surface area contributed by atoms with Crippen LogP contribution in [0.15, 0.2) is 24.3 Å². The summed E-state index contributed by atoms with van der Waals surface area (Å²) in [7, 11) is 1.54. The lowest BCUT2D eigenvalue weighted by Gasteiger charge is -2.21. The van der Waals surface area contributed by atoms with E-state index in [2.05, 4.69) is 6.92 Å². The summed E-state index contributed by atoms with van der Waals surface area (Å²) in [5, 5.41) is 9.27. The number of aryl methyl sites for hydroxylation is 1. The van der Waals surface area contributed by atoms with Crippen molar-refractivity contribution in [2.75, 3.05) is 20.3 Å². The zero-order valence-electron chi connectivity index (χ0n) is 14.2. The molecule has 1 aliphatic rings. The molecule has 0 aromatic heterocycles. The summed E-state index contributed by atoms with van der Waals surface area (Å²) in [6.45, 7) is 3.08. The van der Waals surface area contributed by atoms with E-state index >= 15 is 0 Å². The number of methoxy groups -OCH3 is 1. The molecule has 0 saturated carbocycles. The van der Waals surface area contributed by atoms with E-state index in [0.717, 1.165) is 17.7 Å². The molecule has 1 saturated heterocycles. The number of benzene rings is 1. The molecule has 1 aliphatic heterocycles. The molecule has 1 aromatic carbocycles. The van der Waals surface area contributed by atoms with Crippen molar-refractivity contribution < 1.29 is 24.2 Å². The van der Waals surface area contributed by atoms with Crippen LogP contribution in [0, 0.1) is 0 Å². The van der Waals surface area contributed by atoms with Gasteiger partial charge in [0.15, 0.2) is 0 Å². The molecule has 6 heteroatoms. The summed E-state index contributed by atoms with van der Waals surface area (Å²) in [5.74, 6) is -0.297. The maximum absolute atomic E-state index is 12.4. The second-order valence-corrected chi connectivity index (χ2v) is 5.99. The van der Waals surface area contributed by atoms with E-state index in [1.807, 2.05) is 24.3 Å². The molecular weight excluding hydrogens is 310 g/mol. The summed E-state index contributed by atoms with van der Waals surface area (Å²) < 4.78 is 10.7. The van der Waals surface area contributed by atoms with E-state index in [9.17, 15) is 14.7 Å². The first kappa shape index (κ1) is 18.3. The molecule has 0 spiro atoms. The maximum atomic E-state index is 12.4. The number of rotatable bonds is 8. The van der Waals surface area contributed by atoms with E-state index < -0.39 is 12.0 Å². The number of carbonyl (C=O) groups excluding carboxylic acids is 1. The quantitative estimate of drug-likeness (QED) is 0.787. The number of ether oxygens (including phenoxy) is 2. The van der Waals surface area contributed by atoms with Crippen molar-refractivity contribution in [2.24, 2.45) is 0 Å². The third-order valence-electron chi connectivity index (χ3n) is 4.23. The van der Waals surface area contributed by atoms with Crippen molar-refractivity contribution in [3.8, 4) is 5.75 Å². The fraction of sp³-hybridized carbons (Fsp3) is 0.556. The highest BCUT2D eigenvalue weighted by Crippen LogP contribution is 2.22. The Hall–Kier alpha value is -2.08. The summed E-state index contributed by atoms with van der Waals surface area (Å²) in [5.41, 5.74) is 1.03. The van der Waals surface area contributed by atoms with Gasteiger partial charge in [0, 0.05) is 26.5 Å². The van der Waals surface area contributed by atoms with Crippen LogP contribution in [0.2, 0.25) is 0 Å². The first-order valence-corrected chi connectivity index (χ1v) is 8.32. The van der Waals surface area contributed by atoms with Crippen molar-refractivity contribution >= 4 is 11.9 Å². The number of aliphatic carboxylic acids is 1. The van der Waals surface area contributed by atoms with Gasteiger partial charge in [-0.2, -0.15) is 0 Å². The zero-order chi connectivity index (χ0) is 17.5. The Morgan fingerprint density at radius 1 is 1.29 bits per heavy atom. The van der Waals surface area contributed by atoms with Gasteiger partial charge in [0.1, 0.15) is 11.8 Å².